The Morgan fingerprint density at radius 2 is 0.505 bits per heavy atom. The molecule has 0 aromatic rings. The summed E-state index contributed by atoms with van der Waals surface area (Å²) in [5, 5.41) is 35.1. The standard InChI is InChI=1S/C82H154O18S/c1-5-9-13-17-21-25-29-33-36-40-43-47-51-55-59-63-71(83)93-67-69-75(87)77(89)79(100-101(90,91)92)81(95-69)99-82-80(98-74(86)66-62-58-54-50-45-39-32-28-24-20-16-12-8-4)78(97-73(85)65-61-57-53-49-46-42-38-35-31-27-23-19-15-11-7-3)76(88)70(96-82)68-94-72(84)64-60-56-52-48-44-41-37-34-30-26-22-18-14-10-6-2/h69-70,75-82,87-89H,5-68H2,1-4H3,(H,90,91,92)/t69-,70-,75-,76-,77+,78+,79-,80-,81-,82-/m1/s1. The monoisotopic (exact) mass is 1460 g/mol. The van der Waals surface area contributed by atoms with Gasteiger partial charge in [-0.25, -0.2) is 4.18 Å². The molecule has 0 unspecified atom stereocenters. The Labute approximate surface area is 616 Å². The molecule has 2 aliphatic heterocycles. The molecule has 596 valence electrons. The number of hydrogen-bond acceptors (Lipinski definition) is 17. The van der Waals surface area contributed by atoms with Crippen LogP contribution in [0.2, 0.25) is 0 Å². The lowest BCUT2D eigenvalue weighted by atomic mass is 9.97. The topological polar surface area (TPSA) is 257 Å². The molecule has 2 saturated heterocycles. The van der Waals surface area contributed by atoms with Gasteiger partial charge in [0.05, 0.1) is 0 Å². The average Bonchev–Trinajstić information content (AvgIpc) is 0.779. The summed E-state index contributed by atoms with van der Waals surface area (Å²) in [6, 6.07) is 0. The lowest BCUT2D eigenvalue weighted by molar-refractivity contribution is -0.374. The van der Waals surface area contributed by atoms with Crippen molar-refractivity contribution in [1.29, 1.82) is 0 Å². The quantitative estimate of drug-likeness (QED) is 0.0191. The second kappa shape index (κ2) is 65.8. The van der Waals surface area contributed by atoms with Crippen LogP contribution in [0, 0.1) is 0 Å². The lowest BCUT2D eigenvalue weighted by Gasteiger charge is -2.46. The highest BCUT2D eigenvalue weighted by Gasteiger charge is 2.55. The van der Waals surface area contributed by atoms with Gasteiger partial charge in [-0.2, -0.15) is 8.42 Å². The van der Waals surface area contributed by atoms with Gasteiger partial charge >= 0.3 is 34.3 Å². The molecule has 2 heterocycles. The molecule has 18 nitrogen and oxygen atoms in total. The molecule has 0 saturated carbocycles. The molecule has 0 radical (unpaired) electrons. The third-order valence-corrected chi connectivity index (χ3v) is 21.0. The first-order valence-electron chi connectivity index (χ1n) is 42.5. The van der Waals surface area contributed by atoms with Crippen molar-refractivity contribution in [2.24, 2.45) is 0 Å². The number of ether oxygens (including phenoxy) is 7. The number of carbonyl (C=O) groups excluding carboxylic acids is 4. The fraction of sp³-hybridized carbons (Fsp3) is 0.951. The van der Waals surface area contributed by atoms with E-state index >= 15 is 0 Å². The fourth-order valence-corrected chi connectivity index (χ4v) is 14.5. The maximum atomic E-state index is 14.1. The van der Waals surface area contributed by atoms with Crippen molar-refractivity contribution in [3.8, 4) is 0 Å². The number of esters is 4. The maximum absolute atomic E-state index is 14.1. The van der Waals surface area contributed by atoms with Crippen molar-refractivity contribution in [2.75, 3.05) is 13.2 Å². The van der Waals surface area contributed by atoms with Crippen LogP contribution in [-0.4, -0.2) is 127 Å². The second-order valence-electron chi connectivity index (χ2n) is 30.0. The van der Waals surface area contributed by atoms with Crippen LogP contribution in [0.1, 0.15) is 426 Å². The average molecular weight is 1460 g/mol. The Balaban J connectivity index is 2.27. The van der Waals surface area contributed by atoms with Crippen molar-refractivity contribution < 1.29 is 84.8 Å². The predicted molar refractivity (Wildman–Crippen MR) is 403 cm³/mol. The fourth-order valence-electron chi connectivity index (χ4n) is 14.1. The van der Waals surface area contributed by atoms with Crippen molar-refractivity contribution >= 4 is 34.3 Å². The van der Waals surface area contributed by atoms with Gasteiger partial charge in [-0.15, -0.1) is 0 Å². The summed E-state index contributed by atoms with van der Waals surface area (Å²) < 4.78 is 82.0. The summed E-state index contributed by atoms with van der Waals surface area (Å²) in [5.41, 5.74) is 0. The summed E-state index contributed by atoms with van der Waals surface area (Å²) >= 11 is 0. The van der Waals surface area contributed by atoms with E-state index in [-0.39, 0.29) is 25.7 Å². The molecule has 101 heavy (non-hydrogen) atoms. The molecule has 10 atom stereocenters. The first-order valence-corrected chi connectivity index (χ1v) is 43.9. The van der Waals surface area contributed by atoms with E-state index in [1.54, 1.807) is 0 Å². The molecule has 4 N–H and O–H groups in total. The van der Waals surface area contributed by atoms with Crippen LogP contribution in [0.25, 0.3) is 0 Å². The minimum atomic E-state index is -5.41. The third-order valence-electron chi connectivity index (χ3n) is 20.6. The molecular formula is C82H154O18S. The van der Waals surface area contributed by atoms with E-state index in [1.165, 1.54) is 238 Å². The van der Waals surface area contributed by atoms with Gasteiger partial charge in [-0.1, -0.05) is 374 Å². The zero-order chi connectivity index (χ0) is 73.5. The number of rotatable bonds is 72. The van der Waals surface area contributed by atoms with Gasteiger partial charge in [0.2, 0.25) is 6.29 Å². The summed E-state index contributed by atoms with van der Waals surface area (Å²) in [7, 11) is -5.41. The van der Waals surface area contributed by atoms with Crippen molar-refractivity contribution in [2.45, 2.75) is 487 Å². The van der Waals surface area contributed by atoms with Crippen LogP contribution >= 0.6 is 0 Å². The zero-order valence-electron chi connectivity index (χ0n) is 64.9. The highest BCUT2D eigenvalue weighted by atomic mass is 32.3. The molecule has 2 rings (SSSR count). The predicted octanol–water partition coefficient (Wildman–Crippen LogP) is 20.9. The van der Waals surface area contributed by atoms with Gasteiger partial charge in [0.25, 0.3) is 0 Å². The molecule has 19 heteroatoms. The Bertz CT molecular complexity index is 2050. The molecule has 0 bridgehead atoms. The van der Waals surface area contributed by atoms with Gasteiger partial charge in [0, 0.05) is 25.7 Å². The highest BCUT2D eigenvalue weighted by molar-refractivity contribution is 7.80. The molecule has 0 spiro atoms. The summed E-state index contributed by atoms with van der Waals surface area (Å²) in [5.74, 6) is -2.61. The smallest absolute Gasteiger partial charge is 0.397 e. The van der Waals surface area contributed by atoms with Gasteiger partial charge in [-0.3, -0.25) is 23.7 Å². The Morgan fingerprint density at radius 1 is 0.287 bits per heavy atom. The Kier molecular flexibility index (Phi) is 61.6. The van der Waals surface area contributed by atoms with Crippen LogP contribution in [0.15, 0.2) is 0 Å². The molecule has 0 aromatic heterocycles. The molecule has 0 amide bonds. The van der Waals surface area contributed by atoms with Gasteiger partial charge < -0.3 is 48.5 Å². The van der Waals surface area contributed by atoms with E-state index in [2.05, 4.69) is 27.7 Å². The van der Waals surface area contributed by atoms with E-state index in [9.17, 15) is 47.5 Å². The van der Waals surface area contributed by atoms with Crippen LogP contribution < -0.4 is 0 Å². The first-order chi connectivity index (χ1) is 49.1. The summed E-state index contributed by atoms with van der Waals surface area (Å²) in [6.07, 6.45) is 47.5. The number of aliphatic hydroxyl groups is 3. The lowest BCUT2D eigenvalue weighted by Crippen LogP contribution is -2.65. The highest BCUT2D eigenvalue weighted by Crippen LogP contribution is 2.34. The Morgan fingerprint density at radius 3 is 0.762 bits per heavy atom. The summed E-state index contributed by atoms with van der Waals surface area (Å²) in [6.45, 7) is 7.76. The maximum Gasteiger partial charge on any atom is 0.397 e. The summed E-state index contributed by atoms with van der Waals surface area (Å²) in [4.78, 5) is 54.6. The molecular weight excluding hydrogens is 1300 g/mol. The van der Waals surface area contributed by atoms with Crippen molar-refractivity contribution in [3.63, 3.8) is 0 Å². The van der Waals surface area contributed by atoms with Crippen molar-refractivity contribution in [1.82, 2.24) is 0 Å². The number of aliphatic hydroxyl groups excluding tert-OH is 3. The number of carbonyl (C=O) groups is 4. The molecule has 2 aliphatic rings. The third kappa shape index (κ3) is 52.2. The SMILES string of the molecule is CCCCCCCCCCCCCCCCCC(=O)OC[C@H]1O[C@H](O[C@H]2O[C@H](COC(=O)CCCCCCCCCCCCCCCCC)[C@@H](O)[C@H](OC(=O)CCCCCCCCCCCCCCCCC)[C@H]2OC(=O)CCCCCCCCCCCCCCC)[C@H](OS(=O)(=O)O)[C@@H](O)[C@@H]1O. The number of hydrogen-bond donors (Lipinski definition) is 4. The molecule has 2 fully saturated rings. The minimum Gasteiger partial charge on any atom is -0.463 e. The van der Waals surface area contributed by atoms with E-state index in [0.29, 0.717) is 25.7 Å². The van der Waals surface area contributed by atoms with E-state index in [1.807, 2.05) is 0 Å². The largest absolute Gasteiger partial charge is 0.463 e. The zero-order valence-corrected chi connectivity index (χ0v) is 65.8. The number of unbranched alkanes of at least 4 members (excludes halogenated alkanes) is 54. The first kappa shape index (κ1) is 94.6. The van der Waals surface area contributed by atoms with Crippen LogP contribution in [-0.2, 0) is 66.9 Å². The van der Waals surface area contributed by atoms with Gasteiger partial charge in [-0.05, 0) is 25.7 Å². The van der Waals surface area contributed by atoms with E-state index < -0.39 is 109 Å². The van der Waals surface area contributed by atoms with Gasteiger partial charge in [0.15, 0.2) is 24.6 Å². The second-order valence-corrected chi connectivity index (χ2v) is 31.1. The van der Waals surface area contributed by atoms with Crippen LogP contribution in [0.3, 0.4) is 0 Å². The van der Waals surface area contributed by atoms with Crippen LogP contribution in [0.5, 0.6) is 0 Å². The van der Waals surface area contributed by atoms with Gasteiger partial charge in [0.1, 0.15) is 43.7 Å². The van der Waals surface area contributed by atoms with Crippen LogP contribution in [0.4, 0.5) is 0 Å². The Hall–Kier alpha value is -2.49. The van der Waals surface area contributed by atoms with E-state index in [0.717, 1.165) is 109 Å². The minimum absolute atomic E-state index is 0.0354. The normalized spacial score (nSPS) is 20.9. The molecule has 0 aliphatic carbocycles. The van der Waals surface area contributed by atoms with E-state index in [4.69, 9.17) is 37.3 Å². The van der Waals surface area contributed by atoms with Crippen molar-refractivity contribution in [3.05, 3.63) is 0 Å². The molecule has 0 aromatic carbocycles.